The molecule has 0 fully saturated rings. The summed E-state index contributed by atoms with van der Waals surface area (Å²) in [6, 6.07) is 16.6. The lowest BCUT2D eigenvalue weighted by Crippen LogP contribution is -2.30. The molecule has 0 spiro atoms. The zero-order valence-corrected chi connectivity index (χ0v) is 15.7. The Morgan fingerprint density at radius 3 is 2.27 bits per heavy atom. The number of amides is 1. The van der Waals surface area contributed by atoms with Crippen LogP contribution in [-0.2, 0) is 9.53 Å². The van der Waals surface area contributed by atoms with Crippen molar-refractivity contribution in [2.45, 2.75) is 13.0 Å². The zero-order chi connectivity index (χ0) is 21.7. The first-order valence-corrected chi connectivity index (χ1v) is 8.84. The average molecular weight is 415 g/mol. The van der Waals surface area contributed by atoms with Crippen molar-refractivity contribution in [2.75, 3.05) is 5.32 Å². The van der Waals surface area contributed by atoms with Crippen molar-refractivity contribution < 1.29 is 32.2 Å². The van der Waals surface area contributed by atoms with Crippen molar-refractivity contribution in [1.29, 1.82) is 0 Å². The second kappa shape index (κ2) is 9.13. The van der Waals surface area contributed by atoms with Crippen molar-refractivity contribution in [3.05, 3.63) is 89.7 Å². The molecule has 1 amide bonds. The van der Waals surface area contributed by atoms with E-state index in [1.54, 1.807) is 42.5 Å². The third kappa shape index (κ3) is 4.78. The van der Waals surface area contributed by atoms with Crippen LogP contribution in [0.1, 0.15) is 17.3 Å². The number of ether oxygens (including phenoxy) is 2. The Bertz CT molecular complexity index is 1070. The first-order chi connectivity index (χ1) is 14.4. The highest BCUT2D eigenvalue weighted by Crippen LogP contribution is 2.26. The minimum absolute atomic E-state index is 0.0695. The maximum absolute atomic E-state index is 13.7. The number of rotatable bonds is 6. The third-order valence-electron chi connectivity index (χ3n) is 4.02. The molecule has 0 heterocycles. The van der Waals surface area contributed by atoms with E-state index in [2.05, 4.69) is 5.32 Å². The molecule has 5 nitrogen and oxygen atoms in total. The molecule has 1 unspecified atom stereocenters. The quantitative estimate of drug-likeness (QED) is 0.451. The fraction of sp³-hybridized carbons (Fsp3) is 0.0909. The molecule has 0 aliphatic carbocycles. The van der Waals surface area contributed by atoms with E-state index in [0.717, 1.165) is 6.07 Å². The molecule has 0 aliphatic heterocycles. The molecule has 0 saturated heterocycles. The van der Waals surface area contributed by atoms with E-state index in [0.29, 0.717) is 11.8 Å². The maximum Gasteiger partial charge on any atom is 0.342 e. The highest BCUT2D eigenvalue weighted by atomic mass is 19.2. The minimum Gasteiger partial charge on any atom is -0.456 e. The summed E-state index contributed by atoms with van der Waals surface area (Å²) in [4.78, 5) is 24.7. The maximum atomic E-state index is 13.7. The molecule has 0 saturated carbocycles. The fourth-order valence-corrected chi connectivity index (χ4v) is 2.47. The number of hydrogen-bond donors (Lipinski definition) is 1. The van der Waals surface area contributed by atoms with Gasteiger partial charge in [-0.15, -0.1) is 0 Å². The van der Waals surface area contributed by atoms with Crippen LogP contribution < -0.4 is 10.1 Å². The Morgan fingerprint density at radius 2 is 1.53 bits per heavy atom. The van der Waals surface area contributed by atoms with Crippen LogP contribution in [0.15, 0.2) is 66.7 Å². The van der Waals surface area contributed by atoms with Crippen molar-refractivity contribution in [1.82, 2.24) is 0 Å². The van der Waals surface area contributed by atoms with Gasteiger partial charge < -0.3 is 14.8 Å². The molecule has 30 heavy (non-hydrogen) atoms. The van der Waals surface area contributed by atoms with Crippen molar-refractivity contribution >= 4 is 17.6 Å². The van der Waals surface area contributed by atoms with E-state index >= 15 is 0 Å². The Balaban J connectivity index is 1.70. The summed E-state index contributed by atoms with van der Waals surface area (Å²) in [5.41, 5.74) is -0.505. The van der Waals surface area contributed by atoms with E-state index < -0.39 is 41.1 Å². The SMILES string of the molecule is CC(OC(=O)c1ccccc1Oc1ccccc1)C(=O)Nc1ccc(F)c(F)c1F. The van der Waals surface area contributed by atoms with Crippen molar-refractivity contribution in [3.63, 3.8) is 0 Å². The van der Waals surface area contributed by atoms with Gasteiger partial charge in [0.05, 0.1) is 5.69 Å². The smallest absolute Gasteiger partial charge is 0.342 e. The van der Waals surface area contributed by atoms with Crippen LogP contribution in [0.4, 0.5) is 18.9 Å². The molecule has 3 aromatic rings. The molecule has 0 aromatic heterocycles. The number of esters is 1. The van der Waals surface area contributed by atoms with Gasteiger partial charge in [0.25, 0.3) is 5.91 Å². The molecule has 154 valence electrons. The van der Waals surface area contributed by atoms with E-state index in [1.165, 1.54) is 13.0 Å². The molecule has 3 rings (SSSR count). The second-order valence-corrected chi connectivity index (χ2v) is 6.17. The normalized spacial score (nSPS) is 11.5. The molecule has 1 N–H and O–H groups in total. The summed E-state index contributed by atoms with van der Waals surface area (Å²) in [7, 11) is 0. The molecular formula is C22H16F3NO4. The Morgan fingerprint density at radius 1 is 0.867 bits per heavy atom. The summed E-state index contributed by atoms with van der Waals surface area (Å²) in [6.07, 6.45) is -1.35. The van der Waals surface area contributed by atoms with E-state index in [-0.39, 0.29) is 11.3 Å². The van der Waals surface area contributed by atoms with Crippen molar-refractivity contribution in [2.24, 2.45) is 0 Å². The molecule has 0 aliphatic rings. The monoisotopic (exact) mass is 415 g/mol. The summed E-state index contributed by atoms with van der Waals surface area (Å²) < 4.78 is 50.8. The van der Waals surface area contributed by atoms with Gasteiger partial charge in [-0.3, -0.25) is 4.79 Å². The second-order valence-electron chi connectivity index (χ2n) is 6.17. The van der Waals surface area contributed by atoms with Gasteiger partial charge in [0.2, 0.25) is 0 Å². The number of benzene rings is 3. The van der Waals surface area contributed by atoms with Crippen LogP contribution in [-0.4, -0.2) is 18.0 Å². The number of nitrogens with one attached hydrogen (secondary N) is 1. The highest BCUT2D eigenvalue weighted by Gasteiger charge is 2.23. The predicted molar refractivity (Wildman–Crippen MR) is 103 cm³/mol. The van der Waals surface area contributed by atoms with Crippen LogP contribution >= 0.6 is 0 Å². The molecule has 0 bridgehead atoms. The van der Waals surface area contributed by atoms with Crippen LogP contribution in [0.3, 0.4) is 0 Å². The Kier molecular flexibility index (Phi) is 6.36. The summed E-state index contributed by atoms with van der Waals surface area (Å²) in [5, 5.41) is 2.06. The molecule has 8 heteroatoms. The highest BCUT2D eigenvalue weighted by molar-refractivity contribution is 5.98. The number of carbonyl (C=O) groups is 2. The van der Waals surface area contributed by atoms with Gasteiger partial charge in [-0.25, -0.2) is 18.0 Å². The Labute approximate surface area is 170 Å². The first-order valence-electron chi connectivity index (χ1n) is 8.84. The van der Waals surface area contributed by atoms with Crippen LogP contribution in [0.5, 0.6) is 11.5 Å². The van der Waals surface area contributed by atoms with Crippen LogP contribution in [0.25, 0.3) is 0 Å². The van der Waals surface area contributed by atoms with Crippen LogP contribution in [0.2, 0.25) is 0 Å². The first kappa shape index (κ1) is 20.9. The average Bonchev–Trinajstić information content (AvgIpc) is 2.75. The van der Waals surface area contributed by atoms with Gasteiger partial charge in [-0.05, 0) is 43.3 Å². The number of para-hydroxylation sites is 2. The summed E-state index contributed by atoms with van der Waals surface area (Å²) in [6.45, 7) is 1.26. The van der Waals surface area contributed by atoms with Gasteiger partial charge in [0, 0.05) is 0 Å². The van der Waals surface area contributed by atoms with Gasteiger partial charge in [-0.1, -0.05) is 30.3 Å². The molecule has 1 atom stereocenters. The topological polar surface area (TPSA) is 64.6 Å². The largest absolute Gasteiger partial charge is 0.456 e. The third-order valence-corrected chi connectivity index (χ3v) is 4.02. The number of hydrogen-bond acceptors (Lipinski definition) is 4. The number of carbonyl (C=O) groups excluding carboxylic acids is 2. The number of halogens is 3. The predicted octanol–water partition coefficient (Wildman–Crippen LogP) is 5.08. The van der Waals surface area contributed by atoms with Gasteiger partial charge in [0.15, 0.2) is 23.6 Å². The summed E-state index contributed by atoms with van der Waals surface area (Å²) in [5.74, 6) is -5.72. The van der Waals surface area contributed by atoms with Crippen LogP contribution in [0, 0.1) is 17.5 Å². The fourth-order valence-electron chi connectivity index (χ4n) is 2.47. The van der Waals surface area contributed by atoms with Crippen molar-refractivity contribution in [3.8, 4) is 11.5 Å². The standard InChI is InChI=1S/C22H16F3NO4/c1-13(21(27)26-17-12-11-16(23)19(24)20(17)25)29-22(28)15-9-5-6-10-18(15)30-14-7-3-2-4-8-14/h2-13H,1H3,(H,26,27). The lowest BCUT2D eigenvalue weighted by atomic mass is 10.2. The van der Waals surface area contributed by atoms with Gasteiger partial charge in [0.1, 0.15) is 17.1 Å². The molecule has 3 aromatic carbocycles. The molecule has 0 radical (unpaired) electrons. The molecular weight excluding hydrogens is 399 g/mol. The zero-order valence-electron chi connectivity index (χ0n) is 15.7. The lowest BCUT2D eigenvalue weighted by Gasteiger charge is -2.15. The van der Waals surface area contributed by atoms with E-state index in [4.69, 9.17) is 9.47 Å². The van der Waals surface area contributed by atoms with E-state index in [1.807, 2.05) is 6.07 Å². The minimum atomic E-state index is -1.72. The number of anilines is 1. The summed E-state index contributed by atoms with van der Waals surface area (Å²) >= 11 is 0. The van der Waals surface area contributed by atoms with Gasteiger partial charge in [-0.2, -0.15) is 0 Å². The lowest BCUT2D eigenvalue weighted by molar-refractivity contribution is -0.123. The Hall–Kier alpha value is -3.81. The van der Waals surface area contributed by atoms with E-state index in [9.17, 15) is 22.8 Å². The van der Waals surface area contributed by atoms with Gasteiger partial charge >= 0.3 is 5.97 Å².